The highest BCUT2D eigenvalue weighted by atomic mass is 14.7. The van der Waals surface area contributed by atoms with Crippen LogP contribution < -0.4 is 0 Å². The zero-order chi connectivity index (χ0) is 10.0. The fourth-order valence-corrected chi connectivity index (χ4v) is 1.76. The van der Waals surface area contributed by atoms with Crippen molar-refractivity contribution >= 4 is 0 Å². The van der Waals surface area contributed by atoms with E-state index in [-0.39, 0.29) is 0 Å². The molecule has 0 atom stereocenters. The fraction of sp³-hybridized carbons (Fsp3) is 0.583. The summed E-state index contributed by atoms with van der Waals surface area (Å²) in [6.45, 7) is 10.8. The van der Waals surface area contributed by atoms with Crippen LogP contribution >= 0.6 is 0 Å². The smallest absolute Gasteiger partial charge is 0.0407 e. The van der Waals surface area contributed by atoms with Gasteiger partial charge < -0.3 is 0 Å². The molecule has 0 saturated carbocycles. The second-order valence-corrected chi connectivity index (χ2v) is 3.76. The topological polar surface area (TPSA) is 12.9 Å². The molecule has 1 aromatic rings. The lowest BCUT2D eigenvalue weighted by atomic mass is 9.97. The predicted octanol–water partition coefficient (Wildman–Crippen LogP) is 3.27. The van der Waals surface area contributed by atoms with Crippen LogP contribution in [0.2, 0.25) is 0 Å². The first kappa shape index (κ1) is 10.2. The number of aryl methyl sites for hydroxylation is 2. The summed E-state index contributed by atoms with van der Waals surface area (Å²) in [7, 11) is 0. The van der Waals surface area contributed by atoms with Gasteiger partial charge in [0.2, 0.25) is 0 Å². The first-order valence-electron chi connectivity index (χ1n) is 5.01. The second-order valence-electron chi connectivity index (χ2n) is 3.76. The summed E-state index contributed by atoms with van der Waals surface area (Å²) >= 11 is 0. The van der Waals surface area contributed by atoms with E-state index in [4.69, 9.17) is 0 Å². The molecule has 0 aromatic carbocycles. The number of nitrogens with zero attached hydrogens (tertiary/aromatic N) is 1. The number of hydrogen-bond acceptors (Lipinski definition) is 1. The molecule has 1 aromatic heterocycles. The zero-order valence-electron chi connectivity index (χ0n) is 9.36. The van der Waals surface area contributed by atoms with Crippen LogP contribution in [0, 0.1) is 27.7 Å². The van der Waals surface area contributed by atoms with Gasteiger partial charge in [-0.15, -0.1) is 0 Å². The van der Waals surface area contributed by atoms with Crippen LogP contribution in [-0.2, 0) is 6.42 Å². The van der Waals surface area contributed by atoms with Gasteiger partial charge in [0.05, 0.1) is 0 Å². The Hall–Kier alpha value is -0.850. The summed E-state index contributed by atoms with van der Waals surface area (Å²) in [6.07, 6.45) is 2.40. The summed E-state index contributed by atoms with van der Waals surface area (Å²) in [6, 6.07) is 0. The molecule has 0 aliphatic carbocycles. The van der Waals surface area contributed by atoms with Gasteiger partial charge in [0, 0.05) is 11.4 Å². The van der Waals surface area contributed by atoms with E-state index in [1.54, 1.807) is 0 Å². The maximum absolute atomic E-state index is 4.52. The fourth-order valence-electron chi connectivity index (χ4n) is 1.76. The lowest BCUT2D eigenvalue weighted by Crippen LogP contribution is -2.02. The summed E-state index contributed by atoms with van der Waals surface area (Å²) in [5.41, 5.74) is 6.64. The number of rotatable bonds is 2. The van der Waals surface area contributed by atoms with Gasteiger partial charge in [0.25, 0.3) is 0 Å². The minimum atomic E-state index is 1.18. The lowest BCUT2D eigenvalue weighted by molar-refractivity contribution is 0.880. The van der Waals surface area contributed by atoms with Crippen LogP contribution in [0.15, 0.2) is 0 Å². The standard InChI is InChI=1S/C12H19N/c1-6-7-12-8(2)10(4)13-11(5)9(12)3/h6-7H2,1-5H3. The van der Waals surface area contributed by atoms with Crippen molar-refractivity contribution < 1.29 is 0 Å². The number of aromatic nitrogens is 1. The minimum Gasteiger partial charge on any atom is -0.258 e. The van der Waals surface area contributed by atoms with Crippen molar-refractivity contribution in [3.05, 3.63) is 28.1 Å². The van der Waals surface area contributed by atoms with Crippen LogP contribution in [0.5, 0.6) is 0 Å². The molecule has 0 radical (unpaired) electrons. The van der Waals surface area contributed by atoms with Crippen molar-refractivity contribution in [3.63, 3.8) is 0 Å². The largest absolute Gasteiger partial charge is 0.258 e. The van der Waals surface area contributed by atoms with Gasteiger partial charge in [-0.1, -0.05) is 13.3 Å². The monoisotopic (exact) mass is 177 g/mol. The van der Waals surface area contributed by atoms with E-state index in [1.165, 1.54) is 40.9 Å². The van der Waals surface area contributed by atoms with Crippen LogP contribution in [-0.4, -0.2) is 4.98 Å². The summed E-state index contributed by atoms with van der Waals surface area (Å²) in [5, 5.41) is 0. The molecule has 1 heteroatoms. The molecule has 0 bridgehead atoms. The van der Waals surface area contributed by atoms with Crippen LogP contribution in [0.3, 0.4) is 0 Å². The third-order valence-electron chi connectivity index (χ3n) is 2.83. The Labute approximate surface area is 81.2 Å². The average Bonchev–Trinajstić information content (AvgIpc) is 2.09. The molecule has 0 aliphatic heterocycles. The van der Waals surface area contributed by atoms with E-state index in [9.17, 15) is 0 Å². The molecule has 0 spiro atoms. The molecule has 0 aliphatic rings. The zero-order valence-corrected chi connectivity index (χ0v) is 9.36. The quantitative estimate of drug-likeness (QED) is 0.675. The Morgan fingerprint density at radius 2 is 1.38 bits per heavy atom. The average molecular weight is 177 g/mol. The van der Waals surface area contributed by atoms with Crippen molar-refractivity contribution in [2.24, 2.45) is 0 Å². The van der Waals surface area contributed by atoms with Gasteiger partial charge in [-0.3, -0.25) is 4.98 Å². The van der Waals surface area contributed by atoms with Crippen LogP contribution in [0.4, 0.5) is 0 Å². The second kappa shape index (κ2) is 3.91. The maximum atomic E-state index is 4.52. The molecular formula is C12H19N. The Bertz CT molecular complexity index is 287. The van der Waals surface area contributed by atoms with Crippen LogP contribution in [0.1, 0.15) is 41.4 Å². The normalized spacial score (nSPS) is 10.5. The van der Waals surface area contributed by atoms with Crippen molar-refractivity contribution in [2.45, 2.75) is 47.5 Å². The molecule has 1 rings (SSSR count). The molecule has 0 saturated heterocycles. The third kappa shape index (κ3) is 1.90. The minimum absolute atomic E-state index is 1.18. The molecule has 0 unspecified atom stereocenters. The van der Waals surface area contributed by atoms with Gasteiger partial charge in [-0.25, -0.2) is 0 Å². The predicted molar refractivity (Wildman–Crippen MR) is 57.2 cm³/mol. The van der Waals surface area contributed by atoms with E-state index in [2.05, 4.69) is 39.6 Å². The van der Waals surface area contributed by atoms with E-state index in [0.717, 1.165) is 0 Å². The lowest BCUT2D eigenvalue weighted by Gasteiger charge is -2.13. The van der Waals surface area contributed by atoms with Gasteiger partial charge in [0.15, 0.2) is 0 Å². The summed E-state index contributed by atoms with van der Waals surface area (Å²) in [5.74, 6) is 0. The van der Waals surface area contributed by atoms with E-state index in [1.807, 2.05) is 0 Å². The number of hydrogen-bond donors (Lipinski definition) is 0. The van der Waals surface area contributed by atoms with Gasteiger partial charge in [-0.2, -0.15) is 0 Å². The van der Waals surface area contributed by atoms with E-state index < -0.39 is 0 Å². The van der Waals surface area contributed by atoms with E-state index in [0.29, 0.717) is 0 Å². The summed E-state index contributed by atoms with van der Waals surface area (Å²) < 4.78 is 0. The van der Waals surface area contributed by atoms with Gasteiger partial charge in [0.1, 0.15) is 0 Å². The third-order valence-corrected chi connectivity index (χ3v) is 2.83. The molecule has 72 valence electrons. The molecule has 13 heavy (non-hydrogen) atoms. The molecule has 0 amide bonds. The molecule has 0 N–H and O–H groups in total. The van der Waals surface area contributed by atoms with E-state index >= 15 is 0 Å². The SMILES string of the molecule is CCCc1c(C)c(C)nc(C)c1C. The van der Waals surface area contributed by atoms with Gasteiger partial charge in [-0.05, 0) is 50.8 Å². The maximum Gasteiger partial charge on any atom is 0.0407 e. The molecule has 1 nitrogen and oxygen atoms in total. The first-order chi connectivity index (χ1) is 6.07. The summed E-state index contributed by atoms with van der Waals surface area (Å²) in [4.78, 5) is 4.52. The van der Waals surface area contributed by atoms with Crippen LogP contribution in [0.25, 0.3) is 0 Å². The Morgan fingerprint density at radius 3 is 1.77 bits per heavy atom. The first-order valence-corrected chi connectivity index (χ1v) is 5.01. The van der Waals surface area contributed by atoms with Crippen molar-refractivity contribution in [1.29, 1.82) is 0 Å². The highest BCUT2D eigenvalue weighted by molar-refractivity contribution is 5.38. The van der Waals surface area contributed by atoms with Crippen molar-refractivity contribution in [3.8, 4) is 0 Å². The molecular weight excluding hydrogens is 158 g/mol. The Balaban J connectivity index is 3.28. The number of pyridine rings is 1. The van der Waals surface area contributed by atoms with Crippen molar-refractivity contribution in [1.82, 2.24) is 4.98 Å². The Kier molecular flexibility index (Phi) is 3.07. The van der Waals surface area contributed by atoms with Gasteiger partial charge >= 0.3 is 0 Å². The molecule has 0 fully saturated rings. The highest BCUT2D eigenvalue weighted by Gasteiger charge is 2.07. The highest BCUT2D eigenvalue weighted by Crippen LogP contribution is 2.19. The Morgan fingerprint density at radius 1 is 0.923 bits per heavy atom. The molecule has 1 heterocycles. The van der Waals surface area contributed by atoms with Crippen molar-refractivity contribution in [2.75, 3.05) is 0 Å².